The summed E-state index contributed by atoms with van der Waals surface area (Å²) in [6.07, 6.45) is 2.54. The van der Waals surface area contributed by atoms with Gasteiger partial charge in [0.15, 0.2) is 11.5 Å². The van der Waals surface area contributed by atoms with E-state index in [9.17, 15) is 4.39 Å². The number of anilines is 1. The molecule has 7 heteroatoms. The average molecular weight is 435 g/mol. The van der Waals surface area contributed by atoms with Crippen LogP contribution in [0.4, 0.5) is 10.2 Å². The van der Waals surface area contributed by atoms with Gasteiger partial charge in [0.05, 0.1) is 5.52 Å². The normalized spacial score (nSPS) is 20.2. The molecule has 1 N–H and O–H groups in total. The molecule has 1 aromatic heterocycles. The molecule has 0 spiro atoms. The summed E-state index contributed by atoms with van der Waals surface area (Å²) in [5.41, 5.74) is 2.71. The zero-order valence-corrected chi connectivity index (χ0v) is 18.0. The maximum atomic E-state index is 14.1. The van der Waals surface area contributed by atoms with Gasteiger partial charge in [0.25, 0.3) is 0 Å². The number of piperazine rings is 1. The largest absolute Gasteiger partial charge is 0.454 e. The zero-order chi connectivity index (χ0) is 21.5. The van der Waals surface area contributed by atoms with Crippen molar-refractivity contribution in [1.29, 1.82) is 0 Å². The predicted molar refractivity (Wildman–Crippen MR) is 122 cm³/mol. The molecule has 166 valence electrons. The third kappa shape index (κ3) is 3.65. The molecule has 0 bridgehead atoms. The van der Waals surface area contributed by atoms with Gasteiger partial charge >= 0.3 is 0 Å². The molecule has 2 saturated heterocycles. The van der Waals surface area contributed by atoms with Crippen LogP contribution in [0.25, 0.3) is 10.9 Å². The highest BCUT2D eigenvalue weighted by atomic mass is 19.1. The van der Waals surface area contributed by atoms with E-state index in [1.165, 1.54) is 25.5 Å². The topological polar surface area (TPSA) is 49.9 Å². The Morgan fingerprint density at radius 2 is 1.84 bits per heavy atom. The van der Waals surface area contributed by atoms with Crippen molar-refractivity contribution in [3.8, 4) is 11.5 Å². The summed E-state index contributed by atoms with van der Waals surface area (Å²) in [6.45, 7) is 5.61. The molecule has 4 heterocycles. The van der Waals surface area contributed by atoms with Gasteiger partial charge in [0.2, 0.25) is 6.79 Å². The Kier molecular flexibility index (Phi) is 5.08. The minimum atomic E-state index is -0.179. The molecule has 2 fully saturated rings. The maximum Gasteiger partial charge on any atom is 0.231 e. The lowest BCUT2D eigenvalue weighted by Gasteiger charge is -2.39. The summed E-state index contributed by atoms with van der Waals surface area (Å²) < 4.78 is 25.2. The molecule has 6 nitrogen and oxygen atoms in total. The first-order chi connectivity index (χ1) is 15.7. The number of nitrogens with zero attached hydrogens (tertiary/aromatic N) is 3. The molecule has 1 unspecified atom stereocenters. The summed E-state index contributed by atoms with van der Waals surface area (Å²) in [5, 5.41) is 4.46. The van der Waals surface area contributed by atoms with Crippen molar-refractivity contribution >= 4 is 16.7 Å². The van der Waals surface area contributed by atoms with Gasteiger partial charge in [0, 0.05) is 61.3 Å². The molecular weight excluding hydrogens is 407 g/mol. The van der Waals surface area contributed by atoms with Crippen LogP contribution in [0.15, 0.2) is 42.5 Å². The Hall–Kier alpha value is -2.90. The number of rotatable bonds is 5. The molecule has 3 aliphatic rings. The van der Waals surface area contributed by atoms with Crippen LogP contribution in [0.1, 0.15) is 24.0 Å². The van der Waals surface area contributed by atoms with Crippen LogP contribution in [0.3, 0.4) is 0 Å². The van der Waals surface area contributed by atoms with Crippen molar-refractivity contribution in [3.63, 3.8) is 0 Å². The van der Waals surface area contributed by atoms with E-state index in [1.54, 1.807) is 6.07 Å². The first kappa shape index (κ1) is 19.8. The van der Waals surface area contributed by atoms with E-state index < -0.39 is 0 Å². The van der Waals surface area contributed by atoms with Crippen LogP contribution in [-0.4, -0.2) is 48.9 Å². The Morgan fingerprint density at radius 1 is 1.00 bits per heavy atom. The zero-order valence-electron chi connectivity index (χ0n) is 18.0. The number of fused-ring (bicyclic) bond motifs is 3. The van der Waals surface area contributed by atoms with Crippen molar-refractivity contribution < 1.29 is 13.9 Å². The number of halogens is 1. The van der Waals surface area contributed by atoms with Crippen LogP contribution in [0.5, 0.6) is 11.5 Å². The van der Waals surface area contributed by atoms with E-state index in [4.69, 9.17) is 14.5 Å². The van der Waals surface area contributed by atoms with Crippen molar-refractivity contribution in [1.82, 2.24) is 15.2 Å². The van der Waals surface area contributed by atoms with E-state index in [0.29, 0.717) is 24.7 Å². The van der Waals surface area contributed by atoms with Gasteiger partial charge in [-0.05, 0) is 37.6 Å². The quantitative estimate of drug-likeness (QED) is 0.661. The first-order valence-corrected chi connectivity index (χ1v) is 11.4. The molecule has 0 amide bonds. The Labute approximate surface area is 186 Å². The second-order valence-corrected chi connectivity index (χ2v) is 8.84. The molecular formula is C25H27FN4O2. The third-order valence-corrected chi connectivity index (χ3v) is 6.84. The lowest BCUT2D eigenvalue weighted by atomic mass is 10.1. The third-order valence-electron chi connectivity index (χ3n) is 6.84. The molecule has 6 rings (SSSR count). The Bertz CT molecular complexity index is 1150. The van der Waals surface area contributed by atoms with E-state index in [-0.39, 0.29) is 12.6 Å². The van der Waals surface area contributed by atoms with Crippen LogP contribution in [0.2, 0.25) is 0 Å². The van der Waals surface area contributed by atoms with Crippen molar-refractivity contribution in [2.45, 2.75) is 32.0 Å². The van der Waals surface area contributed by atoms with Crippen LogP contribution in [0, 0.1) is 5.82 Å². The number of benzene rings is 2. The van der Waals surface area contributed by atoms with Gasteiger partial charge in [-0.2, -0.15) is 0 Å². The van der Waals surface area contributed by atoms with Crippen molar-refractivity contribution in [2.24, 2.45) is 0 Å². The van der Waals surface area contributed by atoms with Crippen LogP contribution >= 0.6 is 0 Å². The number of pyridine rings is 1. The Morgan fingerprint density at radius 3 is 2.75 bits per heavy atom. The van der Waals surface area contributed by atoms with Gasteiger partial charge in [0.1, 0.15) is 11.6 Å². The first-order valence-electron chi connectivity index (χ1n) is 11.4. The van der Waals surface area contributed by atoms with E-state index in [2.05, 4.69) is 21.2 Å². The molecule has 0 radical (unpaired) electrons. The number of hydrogen-bond donors (Lipinski definition) is 1. The highest BCUT2D eigenvalue weighted by Crippen LogP contribution is 2.37. The standard InChI is InChI=1S/C25H27FN4O2/c26-21-6-2-1-4-17(21)13-27-14-19-10-18-11-23-24(32-16-31-23)12-22(18)28-25(19)30-9-8-29-7-3-5-20(29)15-30/h1-2,4,6,10-12,20,27H,3,5,7-9,13-16H2. The molecule has 3 aliphatic heterocycles. The summed E-state index contributed by atoms with van der Waals surface area (Å²) in [6, 6.07) is 13.7. The second-order valence-electron chi connectivity index (χ2n) is 8.84. The van der Waals surface area contributed by atoms with Gasteiger partial charge in [-0.3, -0.25) is 4.90 Å². The monoisotopic (exact) mass is 434 g/mol. The average Bonchev–Trinajstić information content (AvgIpc) is 3.46. The summed E-state index contributed by atoms with van der Waals surface area (Å²) >= 11 is 0. The fourth-order valence-electron chi connectivity index (χ4n) is 5.16. The van der Waals surface area contributed by atoms with Crippen LogP contribution in [-0.2, 0) is 13.1 Å². The SMILES string of the molecule is Fc1ccccc1CNCc1cc2cc3c(cc2nc1N1CCN2CCCC2C1)OCO3. The Balaban J connectivity index is 1.31. The van der Waals surface area contributed by atoms with Crippen LogP contribution < -0.4 is 19.7 Å². The highest BCUT2D eigenvalue weighted by Gasteiger charge is 2.32. The van der Waals surface area contributed by atoms with Gasteiger partial charge in [-0.15, -0.1) is 0 Å². The highest BCUT2D eigenvalue weighted by molar-refractivity contribution is 5.85. The molecule has 3 aromatic rings. The molecule has 1 atom stereocenters. The van der Waals surface area contributed by atoms with E-state index in [1.807, 2.05) is 24.3 Å². The number of nitrogens with one attached hydrogen (secondary N) is 1. The fraction of sp³-hybridized carbons (Fsp3) is 0.400. The lowest BCUT2D eigenvalue weighted by molar-refractivity contribution is 0.174. The van der Waals surface area contributed by atoms with E-state index >= 15 is 0 Å². The summed E-state index contributed by atoms with van der Waals surface area (Å²) in [5.74, 6) is 2.35. The van der Waals surface area contributed by atoms with Crippen molar-refractivity contribution in [2.75, 3.05) is 37.9 Å². The molecule has 0 saturated carbocycles. The smallest absolute Gasteiger partial charge is 0.231 e. The maximum absolute atomic E-state index is 14.1. The number of aromatic nitrogens is 1. The van der Waals surface area contributed by atoms with Gasteiger partial charge in [-0.1, -0.05) is 18.2 Å². The fourth-order valence-corrected chi connectivity index (χ4v) is 5.16. The summed E-state index contributed by atoms with van der Waals surface area (Å²) in [7, 11) is 0. The lowest BCUT2D eigenvalue weighted by Crippen LogP contribution is -2.50. The second kappa shape index (κ2) is 8.22. The summed E-state index contributed by atoms with van der Waals surface area (Å²) in [4.78, 5) is 10.1. The predicted octanol–water partition coefficient (Wildman–Crippen LogP) is 3.68. The number of hydrogen-bond acceptors (Lipinski definition) is 6. The number of ether oxygens (including phenoxy) is 2. The molecule has 2 aromatic carbocycles. The minimum absolute atomic E-state index is 0.179. The van der Waals surface area contributed by atoms with Gasteiger partial charge < -0.3 is 19.7 Å². The molecule has 32 heavy (non-hydrogen) atoms. The molecule has 0 aliphatic carbocycles. The van der Waals surface area contributed by atoms with Gasteiger partial charge in [-0.25, -0.2) is 9.37 Å². The van der Waals surface area contributed by atoms with Crippen molar-refractivity contribution in [3.05, 3.63) is 59.4 Å². The minimum Gasteiger partial charge on any atom is -0.454 e. The van der Waals surface area contributed by atoms with E-state index in [0.717, 1.165) is 53.4 Å².